The molecule has 0 saturated heterocycles. The molecular formula is C48H32N2. The molecule has 1 aliphatic rings. The maximum atomic E-state index is 5.19. The Morgan fingerprint density at radius 2 is 0.980 bits per heavy atom. The predicted octanol–water partition coefficient (Wildman–Crippen LogP) is 12.3. The minimum Gasteiger partial charge on any atom is -0.309 e. The van der Waals surface area contributed by atoms with E-state index in [4.69, 9.17) is 4.98 Å². The monoisotopic (exact) mass is 636 g/mol. The van der Waals surface area contributed by atoms with E-state index in [1.54, 1.807) is 0 Å². The van der Waals surface area contributed by atoms with Gasteiger partial charge in [0.15, 0.2) is 0 Å². The van der Waals surface area contributed by atoms with Crippen molar-refractivity contribution in [3.63, 3.8) is 0 Å². The molecule has 0 aliphatic heterocycles. The second kappa shape index (κ2) is 11.6. The van der Waals surface area contributed by atoms with E-state index in [9.17, 15) is 0 Å². The van der Waals surface area contributed by atoms with Gasteiger partial charge in [-0.25, -0.2) is 4.98 Å². The molecule has 2 heterocycles. The average molecular weight is 637 g/mol. The number of rotatable bonds is 5. The quantitative estimate of drug-likeness (QED) is 0.184. The van der Waals surface area contributed by atoms with Crippen LogP contribution in [-0.4, -0.2) is 9.55 Å². The molecule has 1 atom stereocenters. The Bertz CT molecular complexity index is 2610. The Morgan fingerprint density at radius 3 is 1.72 bits per heavy atom. The summed E-state index contributed by atoms with van der Waals surface area (Å²) in [6.07, 6.45) is 0. The summed E-state index contributed by atoms with van der Waals surface area (Å²) in [6.45, 7) is 0. The second-order valence-electron chi connectivity index (χ2n) is 13.1. The molecule has 2 aromatic heterocycles. The van der Waals surface area contributed by atoms with Crippen molar-refractivity contribution in [3.05, 3.63) is 205 Å². The molecule has 0 fully saturated rings. The van der Waals surface area contributed by atoms with E-state index in [-0.39, 0.29) is 5.92 Å². The van der Waals surface area contributed by atoms with E-state index in [0.717, 1.165) is 28.1 Å². The average Bonchev–Trinajstić information content (AvgIpc) is 3.70. The molecule has 0 spiro atoms. The van der Waals surface area contributed by atoms with Crippen molar-refractivity contribution < 1.29 is 0 Å². The lowest BCUT2D eigenvalue weighted by molar-refractivity contribution is 1.01. The van der Waals surface area contributed by atoms with Gasteiger partial charge < -0.3 is 4.57 Å². The van der Waals surface area contributed by atoms with Crippen molar-refractivity contribution >= 4 is 21.8 Å². The van der Waals surface area contributed by atoms with E-state index in [1.807, 2.05) is 0 Å². The van der Waals surface area contributed by atoms with E-state index < -0.39 is 0 Å². The molecule has 9 aromatic rings. The largest absolute Gasteiger partial charge is 0.309 e. The zero-order valence-electron chi connectivity index (χ0n) is 27.4. The van der Waals surface area contributed by atoms with E-state index >= 15 is 0 Å². The van der Waals surface area contributed by atoms with Crippen LogP contribution in [0.25, 0.3) is 72.3 Å². The van der Waals surface area contributed by atoms with Crippen molar-refractivity contribution in [1.29, 1.82) is 0 Å². The lowest BCUT2D eigenvalue weighted by Crippen LogP contribution is -2.00. The van der Waals surface area contributed by atoms with Gasteiger partial charge in [-0.05, 0) is 81.4 Å². The first-order chi connectivity index (χ1) is 24.8. The summed E-state index contributed by atoms with van der Waals surface area (Å²) in [7, 11) is 0. The molecular weight excluding hydrogens is 605 g/mol. The highest BCUT2D eigenvalue weighted by Crippen LogP contribution is 2.50. The van der Waals surface area contributed by atoms with Crippen LogP contribution in [0.1, 0.15) is 22.6 Å². The number of aromatic nitrogens is 2. The number of fused-ring (bicyclic) bond motifs is 6. The smallest absolute Gasteiger partial charge is 0.0715 e. The van der Waals surface area contributed by atoms with Crippen molar-refractivity contribution in [2.75, 3.05) is 0 Å². The topological polar surface area (TPSA) is 17.8 Å². The molecule has 0 N–H and O–H groups in total. The molecule has 0 saturated carbocycles. The maximum Gasteiger partial charge on any atom is 0.0715 e. The Kier molecular flexibility index (Phi) is 6.60. The van der Waals surface area contributed by atoms with Gasteiger partial charge in [0.2, 0.25) is 0 Å². The Hall–Kier alpha value is -6.51. The molecule has 0 radical (unpaired) electrons. The lowest BCUT2D eigenvalue weighted by atomic mass is 9.88. The highest BCUT2D eigenvalue weighted by Gasteiger charge is 2.31. The van der Waals surface area contributed by atoms with Crippen LogP contribution in [0, 0.1) is 0 Å². The van der Waals surface area contributed by atoms with E-state index in [0.29, 0.717) is 0 Å². The SMILES string of the molecule is c1ccc(-c2cc(-c3ccccc3)nc(-c3ccc(C4c5ccccc5-c5cc6c7ccccc7n(-c7ccccc7)c6cc54)cc3)c2)cc1. The number of pyridine rings is 1. The van der Waals surface area contributed by atoms with Crippen LogP contribution >= 0.6 is 0 Å². The second-order valence-corrected chi connectivity index (χ2v) is 13.1. The number of hydrogen-bond donors (Lipinski definition) is 0. The van der Waals surface area contributed by atoms with Crippen molar-refractivity contribution in [2.24, 2.45) is 0 Å². The van der Waals surface area contributed by atoms with Gasteiger partial charge in [0, 0.05) is 33.5 Å². The van der Waals surface area contributed by atoms with Crippen LogP contribution < -0.4 is 0 Å². The first-order valence-electron chi connectivity index (χ1n) is 17.3. The number of para-hydroxylation sites is 2. The molecule has 10 rings (SSSR count). The fourth-order valence-corrected chi connectivity index (χ4v) is 7.96. The van der Waals surface area contributed by atoms with Crippen molar-refractivity contribution in [3.8, 4) is 50.5 Å². The third-order valence-corrected chi connectivity index (χ3v) is 10.3. The molecule has 1 aliphatic carbocycles. The number of nitrogens with zero attached hydrogens (tertiary/aromatic N) is 2. The standard InChI is InChI=1S/C48H32N2/c1-4-14-32(15-5-1)36-28-44(33-16-6-2-7-17-33)49-45(29-36)34-24-26-35(27-25-34)48-40-22-11-10-20-38(40)41-30-42-39-21-12-13-23-46(39)50(47(42)31-43(41)48)37-18-8-3-9-19-37/h1-31,48H. The summed E-state index contributed by atoms with van der Waals surface area (Å²) >= 11 is 0. The van der Waals surface area contributed by atoms with Gasteiger partial charge in [0.1, 0.15) is 0 Å². The van der Waals surface area contributed by atoms with Gasteiger partial charge in [-0.2, -0.15) is 0 Å². The van der Waals surface area contributed by atoms with Crippen molar-refractivity contribution in [2.45, 2.75) is 5.92 Å². The molecule has 7 aromatic carbocycles. The molecule has 2 nitrogen and oxygen atoms in total. The lowest BCUT2D eigenvalue weighted by Gasteiger charge is -2.16. The molecule has 0 amide bonds. The third-order valence-electron chi connectivity index (χ3n) is 10.3. The van der Waals surface area contributed by atoms with Crippen LogP contribution in [0.15, 0.2) is 188 Å². The van der Waals surface area contributed by atoms with Gasteiger partial charge >= 0.3 is 0 Å². The van der Waals surface area contributed by atoms with Crippen LogP contribution in [0.4, 0.5) is 0 Å². The Morgan fingerprint density at radius 1 is 0.380 bits per heavy atom. The summed E-state index contributed by atoms with van der Waals surface area (Å²) in [5.74, 6) is 0.130. The predicted molar refractivity (Wildman–Crippen MR) is 208 cm³/mol. The summed E-state index contributed by atoms with van der Waals surface area (Å²) in [5.41, 5.74) is 16.8. The minimum absolute atomic E-state index is 0.130. The molecule has 50 heavy (non-hydrogen) atoms. The van der Waals surface area contributed by atoms with E-state index in [1.165, 1.54) is 60.9 Å². The molecule has 0 bridgehead atoms. The Labute approximate surface area is 291 Å². The van der Waals surface area contributed by atoms with Gasteiger partial charge in [0.05, 0.1) is 22.4 Å². The van der Waals surface area contributed by atoms with Gasteiger partial charge in [-0.15, -0.1) is 0 Å². The first kappa shape index (κ1) is 28.5. The zero-order valence-corrected chi connectivity index (χ0v) is 27.4. The first-order valence-corrected chi connectivity index (χ1v) is 17.3. The number of benzene rings is 7. The summed E-state index contributed by atoms with van der Waals surface area (Å²) < 4.78 is 2.42. The fraction of sp³-hybridized carbons (Fsp3) is 0.0208. The van der Waals surface area contributed by atoms with Crippen LogP contribution in [-0.2, 0) is 0 Å². The normalized spacial score (nSPS) is 13.4. The highest BCUT2D eigenvalue weighted by molar-refractivity contribution is 6.11. The molecule has 1 unspecified atom stereocenters. The molecule has 234 valence electrons. The number of hydrogen-bond acceptors (Lipinski definition) is 1. The van der Waals surface area contributed by atoms with Crippen LogP contribution in [0.2, 0.25) is 0 Å². The fourth-order valence-electron chi connectivity index (χ4n) is 7.96. The minimum atomic E-state index is 0.130. The highest BCUT2D eigenvalue weighted by atomic mass is 15.0. The zero-order chi connectivity index (χ0) is 33.0. The van der Waals surface area contributed by atoms with Crippen molar-refractivity contribution in [1.82, 2.24) is 9.55 Å². The van der Waals surface area contributed by atoms with E-state index in [2.05, 4.69) is 193 Å². The summed E-state index contributed by atoms with van der Waals surface area (Å²) in [6, 6.07) is 67.9. The van der Waals surface area contributed by atoms with Gasteiger partial charge in [0.25, 0.3) is 0 Å². The Balaban J connectivity index is 1.12. The van der Waals surface area contributed by atoms with Gasteiger partial charge in [-0.3, -0.25) is 0 Å². The maximum absolute atomic E-state index is 5.19. The van der Waals surface area contributed by atoms with Crippen LogP contribution in [0.3, 0.4) is 0 Å². The summed E-state index contributed by atoms with van der Waals surface area (Å²) in [5, 5.41) is 2.56. The van der Waals surface area contributed by atoms with Gasteiger partial charge in [-0.1, -0.05) is 146 Å². The molecule has 2 heteroatoms. The summed E-state index contributed by atoms with van der Waals surface area (Å²) in [4.78, 5) is 5.19. The third kappa shape index (κ3) is 4.61. The van der Waals surface area contributed by atoms with Crippen LogP contribution in [0.5, 0.6) is 0 Å².